The molecule has 0 aliphatic carbocycles. The van der Waals surface area contributed by atoms with Crippen molar-refractivity contribution < 1.29 is 22.7 Å². The normalized spacial score (nSPS) is 14.9. The van der Waals surface area contributed by atoms with Crippen LogP contribution in [0, 0.1) is 0 Å². The van der Waals surface area contributed by atoms with Crippen molar-refractivity contribution in [2.45, 2.75) is 39.5 Å². The quantitative estimate of drug-likeness (QED) is 0.597. The Morgan fingerprint density at radius 3 is 1.88 bits per heavy atom. The molecule has 7 heteroatoms. The molecule has 16 heavy (non-hydrogen) atoms. The molecule has 0 amide bonds. The van der Waals surface area contributed by atoms with Gasteiger partial charge < -0.3 is 9.05 Å². The molecule has 0 aliphatic heterocycles. The number of rotatable bonds is 9. The zero-order chi connectivity index (χ0) is 12.6. The predicted molar refractivity (Wildman–Crippen MR) is 64.2 cm³/mol. The molecule has 0 N–H and O–H groups in total. The SMILES string of the molecule is CCO[P+](=O)C(CC)P(=O)(OCC)OCC. The Bertz CT molecular complexity index is 246. The van der Waals surface area contributed by atoms with E-state index in [-0.39, 0.29) is 13.2 Å². The van der Waals surface area contributed by atoms with E-state index in [1.165, 1.54) is 0 Å². The van der Waals surface area contributed by atoms with E-state index in [4.69, 9.17) is 13.6 Å². The van der Waals surface area contributed by atoms with Crippen LogP contribution in [-0.4, -0.2) is 25.2 Å². The van der Waals surface area contributed by atoms with Crippen LogP contribution in [0.5, 0.6) is 0 Å². The van der Waals surface area contributed by atoms with E-state index < -0.39 is 21.0 Å². The molecule has 0 saturated carbocycles. The summed E-state index contributed by atoms with van der Waals surface area (Å²) in [5.41, 5.74) is 0. The topological polar surface area (TPSA) is 61.8 Å². The van der Waals surface area contributed by atoms with E-state index in [1.807, 2.05) is 0 Å². The van der Waals surface area contributed by atoms with Crippen LogP contribution in [0.3, 0.4) is 0 Å². The average Bonchev–Trinajstić information content (AvgIpc) is 2.19. The summed E-state index contributed by atoms with van der Waals surface area (Å²) in [6.45, 7) is 7.85. The Hall–Kier alpha value is 0.210. The van der Waals surface area contributed by atoms with Crippen LogP contribution < -0.4 is 0 Å². The molecule has 2 atom stereocenters. The van der Waals surface area contributed by atoms with E-state index in [1.54, 1.807) is 27.7 Å². The van der Waals surface area contributed by atoms with Gasteiger partial charge in [0, 0.05) is 6.42 Å². The average molecular weight is 271 g/mol. The van der Waals surface area contributed by atoms with Crippen molar-refractivity contribution in [2.24, 2.45) is 0 Å². The largest absolute Gasteiger partial charge is 0.524 e. The third-order valence-electron chi connectivity index (χ3n) is 1.85. The highest BCUT2D eigenvalue weighted by Gasteiger charge is 2.49. The van der Waals surface area contributed by atoms with Gasteiger partial charge in [0.25, 0.3) is 5.40 Å². The fraction of sp³-hybridized carbons (Fsp3) is 1.00. The molecule has 0 aromatic heterocycles. The van der Waals surface area contributed by atoms with Gasteiger partial charge in [-0.3, -0.25) is 4.57 Å². The van der Waals surface area contributed by atoms with Gasteiger partial charge in [-0.2, -0.15) is 0 Å². The predicted octanol–water partition coefficient (Wildman–Crippen LogP) is 3.77. The molecule has 2 unspecified atom stereocenters. The summed E-state index contributed by atoms with van der Waals surface area (Å²) in [6.07, 6.45) is 0.437. The number of hydrogen-bond acceptors (Lipinski definition) is 5. The molecule has 0 spiro atoms. The third-order valence-corrected chi connectivity index (χ3v) is 6.96. The van der Waals surface area contributed by atoms with Gasteiger partial charge in [0.15, 0.2) is 0 Å². The maximum Gasteiger partial charge on any atom is 0.524 e. The van der Waals surface area contributed by atoms with Crippen molar-refractivity contribution >= 4 is 15.6 Å². The molecule has 0 aromatic carbocycles. The second kappa shape index (κ2) is 8.32. The lowest BCUT2D eigenvalue weighted by atomic mass is 10.6. The lowest BCUT2D eigenvalue weighted by Gasteiger charge is -2.17. The van der Waals surface area contributed by atoms with Crippen molar-refractivity contribution in [3.8, 4) is 0 Å². The van der Waals surface area contributed by atoms with Gasteiger partial charge in [-0.05, 0) is 25.3 Å². The highest BCUT2D eigenvalue weighted by molar-refractivity contribution is 7.67. The van der Waals surface area contributed by atoms with Gasteiger partial charge in [0.1, 0.15) is 0 Å². The second-order valence-electron chi connectivity index (χ2n) is 2.97. The van der Waals surface area contributed by atoms with E-state index in [0.717, 1.165) is 0 Å². The van der Waals surface area contributed by atoms with Gasteiger partial charge in [-0.15, -0.1) is 4.52 Å². The van der Waals surface area contributed by atoms with Gasteiger partial charge >= 0.3 is 15.6 Å². The fourth-order valence-corrected chi connectivity index (χ4v) is 5.10. The molecule has 0 saturated heterocycles. The van der Waals surface area contributed by atoms with E-state index in [9.17, 15) is 9.13 Å². The summed E-state index contributed by atoms with van der Waals surface area (Å²) in [4.78, 5) is 0. The first kappa shape index (κ1) is 16.2. The zero-order valence-corrected chi connectivity index (χ0v) is 12.1. The van der Waals surface area contributed by atoms with Crippen LogP contribution in [0.15, 0.2) is 0 Å². The van der Waals surface area contributed by atoms with Crippen LogP contribution in [0.25, 0.3) is 0 Å². The maximum absolute atomic E-state index is 12.4. The van der Waals surface area contributed by atoms with E-state index in [0.29, 0.717) is 13.0 Å². The van der Waals surface area contributed by atoms with Crippen LogP contribution in [0.1, 0.15) is 34.1 Å². The molecule has 96 valence electrons. The standard InChI is InChI=1S/C9H21O5P2/c1-5-9(15(10)12-6-2)16(11,13-7-3)14-8-4/h9H,5-8H2,1-4H3/q+1. The Labute approximate surface area is 98.3 Å². The van der Waals surface area contributed by atoms with Crippen molar-refractivity contribution in [3.63, 3.8) is 0 Å². The summed E-state index contributed by atoms with van der Waals surface area (Å²) in [5.74, 6) is 0. The molecular formula is C9H21O5P2+. The zero-order valence-electron chi connectivity index (χ0n) is 10.3. The van der Waals surface area contributed by atoms with Crippen LogP contribution in [0.2, 0.25) is 0 Å². The fourth-order valence-electron chi connectivity index (χ4n) is 1.27. The highest BCUT2D eigenvalue weighted by Crippen LogP contribution is 2.62. The number of hydrogen-bond donors (Lipinski definition) is 0. The molecule has 0 aliphatic rings. The van der Waals surface area contributed by atoms with E-state index >= 15 is 0 Å². The van der Waals surface area contributed by atoms with Gasteiger partial charge in [0.05, 0.1) is 19.8 Å². The van der Waals surface area contributed by atoms with Crippen LogP contribution >= 0.6 is 15.6 Å². The third kappa shape index (κ3) is 4.60. The summed E-state index contributed by atoms with van der Waals surface area (Å²) in [6, 6.07) is 0. The minimum atomic E-state index is -3.32. The van der Waals surface area contributed by atoms with Crippen LogP contribution in [-0.2, 0) is 22.7 Å². The Morgan fingerprint density at radius 1 is 1.06 bits per heavy atom. The summed E-state index contributed by atoms with van der Waals surface area (Å²) in [5, 5.41) is -0.678. The van der Waals surface area contributed by atoms with Crippen molar-refractivity contribution in [1.29, 1.82) is 0 Å². The minimum Gasteiger partial charge on any atom is -0.306 e. The molecule has 0 heterocycles. The lowest BCUT2D eigenvalue weighted by Crippen LogP contribution is -2.10. The Morgan fingerprint density at radius 2 is 1.56 bits per heavy atom. The Kier molecular flexibility index (Phi) is 8.43. The van der Waals surface area contributed by atoms with Gasteiger partial charge in [-0.1, -0.05) is 6.92 Å². The molecule has 0 bridgehead atoms. The smallest absolute Gasteiger partial charge is 0.306 e. The molecule has 0 rings (SSSR count). The highest BCUT2D eigenvalue weighted by atomic mass is 31.2. The molecule has 0 radical (unpaired) electrons. The van der Waals surface area contributed by atoms with Gasteiger partial charge in [0.2, 0.25) is 0 Å². The summed E-state index contributed by atoms with van der Waals surface area (Å²) in [7, 11) is -5.34. The van der Waals surface area contributed by atoms with Crippen molar-refractivity contribution in [1.82, 2.24) is 0 Å². The Balaban J connectivity index is 4.83. The second-order valence-corrected chi connectivity index (χ2v) is 7.05. The summed E-state index contributed by atoms with van der Waals surface area (Å²) >= 11 is 0. The molecule has 0 fully saturated rings. The first-order valence-corrected chi connectivity index (χ1v) is 8.39. The van der Waals surface area contributed by atoms with E-state index in [2.05, 4.69) is 0 Å². The monoisotopic (exact) mass is 271 g/mol. The summed E-state index contributed by atoms with van der Waals surface area (Å²) < 4.78 is 39.4. The first-order valence-electron chi connectivity index (χ1n) is 5.53. The molecule has 5 nitrogen and oxygen atoms in total. The van der Waals surface area contributed by atoms with Gasteiger partial charge in [-0.25, -0.2) is 0 Å². The van der Waals surface area contributed by atoms with Crippen molar-refractivity contribution in [3.05, 3.63) is 0 Å². The first-order chi connectivity index (χ1) is 7.55. The lowest BCUT2D eigenvalue weighted by molar-refractivity contribution is 0.215. The maximum atomic E-state index is 12.4. The minimum absolute atomic E-state index is 0.267. The van der Waals surface area contributed by atoms with Crippen LogP contribution in [0.4, 0.5) is 0 Å². The van der Waals surface area contributed by atoms with Crippen molar-refractivity contribution in [2.75, 3.05) is 19.8 Å². The molecule has 0 aromatic rings. The molecular weight excluding hydrogens is 250 g/mol.